The van der Waals surface area contributed by atoms with Crippen molar-refractivity contribution in [1.82, 2.24) is 19.9 Å². The molecule has 0 saturated carbocycles. The predicted octanol–water partition coefficient (Wildman–Crippen LogP) is 4.32. The quantitative estimate of drug-likeness (QED) is 0.486. The largest absolute Gasteiger partial charge is 0.453 e. The zero-order valence-corrected chi connectivity index (χ0v) is 20.8. The van der Waals surface area contributed by atoms with Gasteiger partial charge < -0.3 is 20.1 Å². The number of pyridine rings is 3. The van der Waals surface area contributed by atoms with E-state index in [0.717, 1.165) is 28.8 Å². The van der Waals surface area contributed by atoms with Crippen LogP contribution in [0.4, 0.5) is 21.1 Å². The van der Waals surface area contributed by atoms with Crippen molar-refractivity contribution in [2.45, 2.75) is 32.8 Å². The molecule has 188 valence electrons. The minimum atomic E-state index is -0.822. The molecule has 0 bridgehead atoms. The normalized spacial score (nSPS) is 15.5. The van der Waals surface area contributed by atoms with Gasteiger partial charge in [0.05, 0.1) is 30.3 Å². The number of carbonyl (C=O) groups is 2. The highest BCUT2D eigenvalue weighted by Gasteiger charge is 2.35. The summed E-state index contributed by atoms with van der Waals surface area (Å²) in [7, 11) is 1.29. The third-order valence-electron chi connectivity index (χ3n) is 6.35. The van der Waals surface area contributed by atoms with Gasteiger partial charge in [0.15, 0.2) is 0 Å². The fourth-order valence-electron chi connectivity index (χ4n) is 4.19. The average Bonchev–Trinajstić information content (AvgIpc) is 3.37. The molecule has 1 atom stereocenters. The molecule has 3 N–H and O–H groups in total. The van der Waals surface area contributed by atoms with Crippen LogP contribution in [0.5, 0.6) is 0 Å². The standard InChI is InChI=1S/C26H30N6O4/c1-16-21(13-20(14-29-16)30-24(33)32-10-7-19(15-32)26(2,3)35)17-5-8-27-22(11-17)18-6-9-28-23(12-18)31-25(34)36-4/h5-6,8-9,11-14,19,35H,7,10,15H2,1-4H3,(H,30,33)(H,28,31,34). The second kappa shape index (κ2) is 10.3. The molecular weight excluding hydrogens is 460 g/mol. The summed E-state index contributed by atoms with van der Waals surface area (Å²) in [5.74, 6) is 0.393. The summed E-state index contributed by atoms with van der Waals surface area (Å²) < 4.78 is 4.62. The number of rotatable bonds is 5. The van der Waals surface area contributed by atoms with Gasteiger partial charge in [-0.2, -0.15) is 0 Å². The number of hydrogen-bond donors (Lipinski definition) is 3. The fraction of sp³-hybridized carbons (Fsp3) is 0.346. The number of likely N-dealkylation sites (tertiary alicyclic amines) is 1. The molecule has 3 amide bonds. The zero-order chi connectivity index (χ0) is 25.9. The van der Waals surface area contributed by atoms with Crippen molar-refractivity contribution in [2.24, 2.45) is 5.92 Å². The maximum absolute atomic E-state index is 12.8. The second-order valence-corrected chi connectivity index (χ2v) is 9.35. The molecular formula is C26H30N6O4. The van der Waals surface area contributed by atoms with Crippen molar-refractivity contribution in [3.05, 3.63) is 54.6 Å². The number of ether oxygens (including phenoxy) is 1. The van der Waals surface area contributed by atoms with Gasteiger partial charge in [-0.05, 0) is 63.1 Å². The molecule has 1 saturated heterocycles. The topological polar surface area (TPSA) is 130 Å². The summed E-state index contributed by atoms with van der Waals surface area (Å²) in [6.45, 7) is 6.56. The molecule has 1 unspecified atom stereocenters. The highest BCUT2D eigenvalue weighted by molar-refractivity contribution is 5.90. The van der Waals surface area contributed by atoms with E-state index in [1.165, 1.54) is 7.11 Å². The minimum absolute atomic E-state index is 0.0433. The highest BCUT2D eigenvalue weighted by atomic mass is 16.5. The minimum Gasteiger partial charge on any atom is -0.453 e. The van der Waals surface area contributed by atoms with E-state index in [1.54, 1.807) is 49.5 Å². The monoisotopic (exact) mass is 490 g/mol. The Morgan fingerprint density at radius 1 is 1.08 bits per heavy atom. The van der Waals surface area contributed by atoms with Gasteiger partial charge in [-0.25, -0.2) is 14.6 Å². The van der Waals surface area contributed by atoms with Crippen molar-refractivity contribution in [2.75, 3.05) is 30.8 Å². The van der Waals surface area contributed by atoms with E-state index in [0.29, 0.717) is 30.3 Å². The number of hydrogen-bond acceptors (Lipinski definition) is 7. The van der Waals surface area contributed by atoms with Crippen LogP contribution in [0, 0.1) is 12.8 Å². The molecule has 1 aliphatic rings. The molecule has 0 aromatic carbocycles. The van der Waals surface area contributed by atoms with Gasteiger partial charge in [-0.1, -0.05) is 0 Å². The van der Waals surface area contributed by atoms with E-state index in [-0.39, 0.29) is 11.9 Å². The Morgan fingerprint density at radius 3 is 2.56 bits per heavy atom. The summed E-state index contributed by atoms with van der Waals surface area (Å²) >= 11 is 0. The van der Waals surface area contributed by atoms with E-state index in [1.807, 2.05) is 25.1 Å². The molecule has 36 heavy (non-hydrogen) atoms. The lowest BCUT2D eigenvalue weighted by molar-refractivity contribution is 0.0227. The zero-order valence-electron chi connectivity index (χ0n) is 20.8. The van der Waals surface area contributed by atoms with Crippen molar-refractivity contribution in [3.8, 4) is 22.4 Å². The van der Waals surface area contributed by atoms with Crippen molar-refractivity contribution in [3.63, 3.8) is 0 Å². The maximum Gasteiger partial charge on any atom is 0.412 e. The van der Waals surface area contributed by atoms with Gasteiger partial charge in [-0.3, -0.25) is 15.3 Å². The number of aliphatic hydroxyl groups is 1. The van der Waals surface area contributed by atoms with Crippen LogP contribution in [0.1, 0.15) is 26.0 Å². The van der Waals surface area contributed by atoms with Crippen molar-refractivity contribution < 1.29 is 19.4 Å². The predicted molar refractivity (Wildman–Crippen MR) is 136 cm³/mol. The molecule has 10 nitrogen and oxygen atoms in total. The summed E-state index contributed by atoms with van der Waals surface area (Å²) in [6, 6.07) is 8.98. The molecule has 0 aliphatic carbocycles. The van der Waals surface area contributed by atoms with E-state index >= 15 is 0 Å². The van der Waals surface area contributed by atoms with Crippen LogP contribution >= 0.6 is 0 Å². The molecule has 1 fully saturated rings. The third-order valence-corrected chi connectivity index (χ3v) is 6.35. The first-order valence-electron chi connectivity index (χ1n) is 11.7. The van der Waals surface area contributed by atoms with Crippen LogP contribution in [0.15, 0.2) is 48.9 Å². The number of anilines is 2. The van der Waals surface area contributed by atoms with E-state index in [4.69, 9.17) is 0 Å². The Labute approximate surface area is 209 Å². The Balaban J connectivity index is 1.54. The molecule has 4 heterocycles. The van der Waals surface area contributed by atoms with Crippen molar-refractivity contribution >= 4 is 23.6 Å². The Bertz CT molecular complexity index is 1270. The summed E-state index contributed by atoms with van der Waals surface area (Å²) in [5, 5.41) is 15.8. The summed E-state index contributed by atoms with van der Waals surface area (Å²) in [5.41, 5.74) is 3.75. The van der Waals surface area contributed by atoms with E-state index in [9.17, 15) is 14.7 Å². The molecule has 10 heteroatoms. The van der Waals surface area contributed by atoms with E-state index in [2.05, 4.69) is 30.3 Å². The van der Waals surface area contributed by atoms with Crippen LogP contribution in [-0.2, 0) is 4.74 Å². The number of aromatic nitrogens is 3. The van der Waals surface area contributed by atoms with Crippen molar-refractivity contribution in [1.29, 1.82) is 0 Å². The van der Waals surface area contributed by atoms with Crippen LogP contribution < -0.4 is 10.6 Å². The summed E-state index contributed by atoms with van der Waals surface area (Å²) in [6.07, 6.45) is 5.07. The lowest BCUT2D eigenvalue weighted by Gasteiger charge is -2.25. The number of nitrogens with one attached hydrogen (secondary N) is 2. The van der Waals surface area contributed by atoms with Crippen LogP contribution in [0.25, 0.3) is 22.4 Å². The number of carbonyl (C=O) groups excluding carboxylic acids is 2. The van der Waals surface area contributed by atoms with Crippen LogP contribution in [-0.4, -0.2) is 62.9 Å². The lowest BCUT2D eigenvalue weighted by atomic mass is 9.91. The number of nitrogens with zero attached hydrogens (tertiary/aromatic N) is 4. The van der Waals surface area contributed by atoms with E-state index < -0.39 is 11.7 Å². The van der Waals surface area contributed by atoms with Gasteiger partial charge in [0.25, 0.3) is 0 Å². The number of aryl methyl sites for hydroxylation is 1. The molecule has 0 spiro atoms. The first-order valence-corrected chi connectivity index (χ1v) is 11.7. The SMILES string of the molecule is COC(=O)Nc1cc(-c2cc(-c3cc(NC(=O)N4CCC(C(C)(C)O)C4)cnc3C)ccn2)ccn1. The van der Waals surface area contributed by atoms with Gasteiger partial charge in [0.2, 0.25) is 0 Å². The maximum atomic E-state index is 12.8. The number of methoxy groups -OCH3 is 1. The van der Waals surface area contributed by atoms with Crippen LogP contribution in [0.3, 0.4) is 0 Å². The average molecular weight is 491 g/mol. The van der Waals surface area contributed by atoms with Crippen LogP contribution in [0.2, 0.25) is 0 Å². The Morgan fingerprint density at radius 2 is 1.83 bits per heavy atom. The first-order chi connectivity index (χ1) is 17.1. The third kappa shape index (κ3) is 5.77. The molecule has 3 aromatic rings. The van der Waals surface area contributed by atoms with Gasteiger partial charge in [0, 0.05) is 48.2 Å². The van der Waals surface area contributed by atoms with Gasteiger partial charge in [-0.15, -0.1) is 0 Å². The highest BCUT2D eigenvalue weighted by Crippen LogP contribution is 2.30. The van der Waals surface area contributed by atoms with Gasteiger partial charge in [0.1, 0.15) is 5.82 Å². The smallest absolute Gasteiger partial charge is 0.412 e. The number of urea groups is 1. The van der Waals surface area contributed by atoms with Gasteiger partial charge >= 0.3 is 12.1 Å². The lowest BCUT2D eigenvalue weighted by Crippen LogP contribution is -2.37. The fourth-order valence-corrected chi connectivity index (χ4v) is 4.19. The Kier molecular flexibility index (Phi) is 7.16. The number of amides is 3. The Hall–Kier alpha value is -4.05. The summed E-state index contributed by atoms with van der Waals surface area (Å²) in [4.78, 5) is 39.2. The first kappa shape index (κ1) is 25.1. The second-order valence-electron chi connectivity index (χ2n) is 9.35. The molecule has 3 aromatic heterocycles. The molecule has 1 aliphatic heterocycles. The molecule has 4 rings (SSSR count). The molecule has 0 radical (unpaired) electrons.